The summed E-state index contributed by atoms with van der Waals surface area (Å²) < 4.78 is 15.8. The molecule has 0 aromatic heterocycles. The van der Waals surface area contributed by atoms with E-state index >= 15 is 0 Å². The number of rotatable bonds is 28. The number of unbranched alkanes of at least 4 members (excludes halogenated alkanes) is 18. The Labute approximate surface area is 278 Å². The Hall–Kier alpha value is -1.59. The van der Waals surface area contributed by atoms with Gasteiger partial charge in [-0.05, 0) is 38.5 Å². The highest BCUT2D eigenvalue weighted by Crippen LogP contribution is 2.32. The van der Waals surface area contributed by atoms with E-state index in [0.29, 0.717) is 26.2 Å². The third-order valence-electron chi connectivity index (χ3n) is 8.85. The monoisotopic (exact) mass is 639 g/mol. The molecule has 0 amide bonds. The summed E-state index contributed by atoms with van der Waals surface area (Å²) in [7, 11) is 0. The largest absolute Gasteiger partial charge is 0.466 e. The van der Waals surface area contributed by atoms with E-state index in [1.807, 2.05) is 0 Å². The standard InChI is InChI=1S/C23H46O2.C16H28O4/c1-3-5-7-8-9-10-11-12-13-14-15-16-17-18-19-21-23(24)25-22-20-6-4-2;1-3-5-11-19-15(17)13-9-7-8-10-14(13)16(18)20-12-6-4-2/h3-22H2,1-2H3;13-14H,3-12H2,1-2H3. The molecule has 1 aliphatic carbocycles. The normalized spacial score (nSPS) is 16.0. The Balaban J connectivity index is 0.000000880. The molecule has 0 bridgehead atoms. The highest BCUT2D eigenvalue weighted by Gasteiger charge is 2.37. The minimum Gasteiger partial charge on any atom is -0.466 e. The topological polar surface area (TPSA) is 78.9 Å². The molecule has 0 N–H and O–H groups in total. The maximum Gasteiger partial charge on any atom is 0.309 e. The zero-order valence-electron chi connectivity index (χ0n) is 30.3. The lowest BCUT2D eigenvalue weighted by atomic mass is 9.79. The van der Waals surface area contributed by atoms with Gasteiger partial charge in [0, 0.05) is 6.42 Å². The zero-order valence-corrected chi connectivity index (χ0v) is 30.3. The van der Waals surface area contributed by atoms with E-state index in [9.17, 15) is 14.4 Å². The molecule has 266 valence electrons. The van der Waals surface area contributed by atoms with Gasteiger partial charge in [0.05, 0.1) is 31.7 Å². The van der Waals surface area contributed by atoms with Gasteiger partial charge in [-0.15, -0.1) is 0 Å². The van der Waals surface area contributed by atoms with Crippen molar-refractivity contribution in [2.45, 2.75) is 201 Å². The second kappa shape index (κ2) is 33.8. The average molecular weight is 639 g/mol. The van der Waals surface area contributed by atoms with Crippen molar-refractivity contribution >= 4 is 17.9 Å². The number of carbonyl (C=O) groups is 3. The fourth-order valence-corrected chi connectivity index (χ4v) is 5.79. The van der Waals surface area contributed by atoms with Crippen LogP contribution in [0.4, 0.5) is 0 Å². The fourth-order valence-electron chi connectivity index (χ4n) is 5.79. The fraction of sp³-hybridized carbons (Fsp3) is 0.923. The number of hydrogen-bond acceptors (Lipinski definition) is 6. The highest BCUT2D eigenvalue weighted by molar-refractivity contribution is 5.82. The maximum absolute atomic E-state index is 12.1. The van der Waals surface area contributed by atoms with E-state index in [1.54, 1.807) is 0 Å². The van der Waals surface area contributed by atoms with E-state index in [2.05, 4.69) is 27.7 Å². The summed E-state index contributed by atoms with van der Waals surface area (Å²) in [5.41, 5.74) is 0. The molecule has 6 heteroatoms. The molecule has 0 spiro atoms. The predicted molar refractivity (Wildman–Crippen MR) is 187 cm³/mol. The van der Waals surface area contributed by atoms with Crippen LogP contribution in [0.25, 0.3) is 0 Å². The van der Waals surface area contributed by atoms with Gasteiger partial charge < -0.3 is 14.2 Å². The second-order valence-electron chi connectivity index (χ2n) is 13.2. The summed E-state index contributed by atoms with van der Waals surface area (Å²) in [5, 5.41) is 0. The molecule has 0 saturated heterocycles. The molecule has 0 heterocycles. The molecule has 1 saturated carbocycles. The lowest BCUT2D eigenvalue weighted by Gasteiger charge is -2.28. The summed E-state index contributed by atoms with van der Waals surface area (Å²) in [5.74, 6) is -1.01. The van der Waals surface area contributed by atoms with Crippen LogP contribution in [-0.2, 0) is 28.6 Å². The minimum atomic E-state index is -0.297. The smallest absolute Gasteiger partial charge is 0.309 e. The first-order chi connectivity index (χ1) is 22.0. The van der Waals surface area contributed by atoms with Gasteiger partial charge >= 0.3 is 17.9 Å². The van der Waals surface area contributed by atoms with Crippen molar-refractivity contribution in [3.05, 3.63) is 0 Å². The van der Waals surface area contributed by atoms with Crippen molar-refractivity contribution in [2.24, 2.45) is 11.8 Å². The molecule has 0 radical (unpaired) electrons. The Morgan fingerprint density at radius 1 is 0.422 bits per heavy atom. The van der Waals surface area contributed by atoms with E-state index in [0.717, 1.165) is 70.6 Å². The molecule has 2 unspecified atom stereocenters. The van der Waals surface area contributed by atoms with Gasteiger partial charge in [-0.3, -0.25) is 14.4 Å². The summed E-state index contributed by atoms with van der Waals surface area (Å²) in [4.78, 5) is 35.7. The highest BCUT2D eigenvalue weighted by atomic mass is 16.5. The number of ether oxygens (including phenoxy) is 3. The second-order valence-corrected chi connectivity index (χ2v) is 13.2. The lowest BCUT2D eigenvalue weighted by Crippen LogP contribution is -2.35. The number of esters is 3. The van der Waals surface area contributed by atoms with Gasteiger partial charge in [0.15, 0.2) is 0 Å². The van der Waals surface area contributed by atoms with Gasteiger partial charge in [0.2, 0.25) is 0 Å². The average Bonchev–Trinajstić information content (AvgIpc) is 3.05. The van der Waals surface area contributed by atoms with E-state index in [-0.39, 0.29) is 29.7 Å². The Bertz CT molecular complexity index is 648. The van der Waals surface area contributed by atoms with Gasteiger partial charge in [-0.1, -0.05) is 156 Å². The summed E-state index contributed by atoms with van der Waals surface area (Å²) >= 11 is 0. The third kappa shape index (κ3) is 27.3. The van der Waals surface area contributed by atoms with Crippen molar-refractivity contribution in [3.63, 3.8) is 0 Å². The molecule has 1 aliphatic rings. The molecule has 1 rings (SSSR count). The molecular formula is C39H74O6. The molecule has 45 heavy (non-hydrogen) atoms. The molecule has 0 aromatic carbocycles. The summed E-state index contributed by atoms with van der Waals surface area (Å²) in [6.07, 6.45) is 31.6. The predicted octanol–water partition coefficient (Wildman–Crippen LogP) is 11.5. The van der Waals surface area contributed by atoms with Crippen LogP contribution >= 0.6 is 0 Å². The molecule has 2 atom stereocenters. The van der Waals surface area contributed by atoms with Crippen LogP contribution in [0.3, 0.4) is 0 Å². The van der Waals surface area contributed by atoms with Crippen molar-refractivity contribution in [2.75, 3.05) is 19.8 Å². The Morgan fingerprint density at radius 2 is 0.756 bits per heavy atom. The third-order valence-corrected chi connectivity index (χ3v) is 8.85. The number of hydrogen-bond donors (Lipinski definition) is 0. The first-order valence-electron chi connectivity index (χ1n) is 19.5. The van der Waals surface area contributed by atoms with Crippen LogP contribution < -0.4 is 0 Å². The molecular weight excluding hydrogens is 564 g/mol. The Kier molecular flexibility index (Phi) is 32.6. The summed E-state index contributed by atoms with van der Waals surface area (Å²) in [6, 6.07) is 0. The van der Waals surface area contributed by atoms with Crippen LogP contribution in [-0.4, -0.2) is 37.7 Å². The summed E-state index contributed by atoms with van der Waals surface area (Å²) in [6.45, 7) is 10.1. The first kappa shape index (κ1) is 43.4. The number of carbonyl (C=O) groups excluding carboxylic acids is 3. The molecule has 0 aliphatic heterocycles. The Morgan fingerprint density at radius 3 is 1.16 bits per heavy atom. The van der Waals surface area contributed by atoms with Crippen LogP contribution in [0.5, 0.6) is 0 Å². The SMILES string of the molecule is CCCCCCCCCCCCCCCCCC(=O)OCCCCC.CCCCOC(=O)C1CCCCC1C(=O)OCCCC. The van der Waals surface area contributed by atoms with Crippen molar-refractivity contribution in [1.29, 1.82) is 0 Å². The van der Waals surface area contributed by atoms with E-state index < -0.39 is 0 Å². The maximum atomic E-state index is 12.1. The van der Waals surface area contributed by atoms with Gasteiger partial charge in [-0.25, -0.2) is 0 Å². The quantitative estimate of drug-likeness (QED) is 0.0482. The van der Waals surface area contributed by atoms with Crippen LogP contribution in [0.15, 0.2) is 0 Å². The van der Waals surface area contributed by atoms with Crippen molar-refractivity contribution in [3.8, 4) is 0 Å². The minimum absolute atomic E-state index is 0.00537. The van der Waals surface area contributed by atoms with Gasteiger partial charge in [0.1, 0.15) is 0 Å². The van der Waals surface area contributed by atoms with Gasteiger partial charge in [0.25, 0.3) is 0 Å². The lowest BCUT2D eigenvalue weighted by molar-refractivity contribution is -0.163. The zero-order chi connectivity index (χ0) is 33.2. The van der Waals surface area contributed by atoms with Gasteiger partial charge in [-0.2, -0.15) is 0 Å². The van der Waals surface area contributed by atoms with Crippen LogP contribution in [0, 0.1) is 11.8 Å². The first-order valence-corrected chi connectivity index (χ1v) is 19.5. The van der Waals surface area contributed by atoms with Crippen molar-refractivity contribution < 1.29 is 28.6 Å². The van der Waals surface area contributed by atoms with Crippen molar-refractivity contribution in [1.82, 2.24) is 0 Å². The van der Waals surface area contributed by atoms with Crippen LogP contribution in [0.2, 0.25) is 0 Å². The molecule has 6 nitrogen and oxygen atoms in total. The van der Waals surface area contributed by atoms with E-state index in [1.165, 1.54) is 96.3 Å². The van der Waals surface area contributed by atoms with E-state index in [4.69, 9.17) is 14.2 Å². The van der Waals surface area contributed by atoms with Crippen LogP contribution in [0.1, 0.15) is 201 Å². The molecule has 1 fully saturated rings. The molecule has 0 aromatic rings.